The van der Waals surface area contributed by atoms with Crippen LogP contribution in [0.15, 0.2) is 12.3 Å². The number of nitrogens with zero attached hydrogens (tertiary/aromatic N) is 2. The molecular weight excluding hydrogens is 194 g/mol. The molecular formula is C10H17N3O2. The first-order valence-electron chi connectivity index (χ1n) is 4.81. The van der Waals surface area contributed by atoms with E-state index in [0.717, 1.165) is 11.5 Å². The van der Waals surface area contributed by atoms with E-state index in [1.165, 1.54) is 0 Å². The van der Waals surface area contributed by atoms with E-state index in [-0.39, 0.29) is 6.29 Å². The van der Waals surface area contributed by atoms with E-state index in [2.05, 4.69) is 15.3 Å². The zero-order valence-electron chi connectivity index (χ0n) is 9.36. The summed E-state index contributed by atoms with van der Waals surface area (Å²) < 4.78 is 10.1. The molecule has 0 aromatic carbocycles. The number of nitrogens with one attached hydrogen (secondary N) is 1. The number of ether oxygens (including phenoxy) is 2. The number of hydrogen-bond acceptors (Lipinski definition) is 5. The van der Waals surface area contributed by atoms with Crippen molar-refractivity contribution in [2.24, 2.45) is 0 Å². The first kappa shape index (κ1) is 12.0. The maximum absolute atomic E-state index is 5.04. The Balaban J connectivity index is 2.31. The average Bonchev–Trinajstić information content (AvgIpc) is 2.25. The largest absolute Gasteiger partial charge is 0.355 e. The molecule has 0 fully saturated rings. The maximum atomic E-state index is 5.04. The third-order valence-corrected chi connectivity index (χ3v) is 1.98. The number of hydrogen-bond donors (Lipinski definition) is 1. The summed E-state index contributed by atoms with van der Waals surface area (Å²) >= 11 is 0. The predicted octanol–water partition coefficient (Wildman–Crippen LogP) is 0.494. The van der Waals surface area contributed by atoms with Crippen LogP contribution in [0.4, 0.5) is 0 Å². The average molecular weight is 211 g/mol. The van der Waals surface area contributed by atoms with Crippen molar-refractivity contribution in [2.45, 2.75) is 19.8 Å². The number of aryl methyl sites for hydroxylation is 1. The van der Waals surface area contributed by atoms with E-state index in [1.807, 2.05) is 13.0 Å². The van der Waals surface area contributed by atoms with Gasteiger partial charge in [0.15, 0.2) is 6.29 Å². The molecule has 15 heavy (non-hydrogen) atoms. The lowest BCUT2D eigenvalue weighted by atomic mass is 10.4. The molecule has 1 aromatic heterocycles. The summed E-state index contributed by atoms with van der Waals surface area (Å²) in [6, 6.07) is 1.88. The van der Waals surface area contributed by atoms with E-state index < -0.39 is 0 Å². The van der Waals surface area contributed by atoms with Crippen molar-refractivity contribution in [3.63, 3.8) is 0 Å². The van der Waals surface area contributed by atoms with Crippen LogP contribution in [0.25, 0.3) is 0 Å². The van der Waals surface area contributed by atoms with Crippen LogP contribution >= 0.6 is 0 Å². The zero-order valence-corrected chi connectivity index (χ0v) is 9.36. The first-order chi connectivity index (χ1) is 7.26. The van der Waals surface area contributed by atoms with Crippen molar-refractivity contribution >= 4 is 0 Å². The van der Waals surface area contributed by atoms with E-state index in [1.54, 1.807) is 20.4 Å². The monoisotopic (exact) mass is 211 g/mol. The fourth-order valence-corrected chi connectivity index (χ4v) is 1.18. The molecule has 0 aliphatic heterocycles. The van der Waals surface area contributed by atoms with Crippen LogP contribution in [0, 0.1) is 6.92 Å². The summed E-state index contributed by atoms with van der Waals surface area (Å²) in [7, 11) is 3.23. The Labute approximate surface area is 89.8 Å². The molecule has 1 N–H and O–H groups in total. The van der Waals surface area contributed by atoms with Crippen LogP contribution < -0.4 is 5.32 Å². The Morgan fingerprint density at radius 1 is 1.40 bits per heavy atom. The fraction of sp³-hybridized carbons (Fsp3) is 0.600. The third kappa shape index (κ3) is 4.33. The minimum absolute atomic E-state index is 0.215. The van der Waals surface area contributed by atoms with Crippen LogP contribution in [0.1, 0.15) is 11.5 Å². The van der Waals surface area contributed by atoms with Gasteiger partial charge in [0, 0.05) is 33.5 Å². The highest BCUT2D eigenvalue weighted by molar-refractivity contribution is 5.00. The van der Waals surface area contributed by atoms with Gasteiger partial charge in [-0.2, -0.15) is 0 Å². The molecule has 0 amide bonds. The summed E-state index contributed by atoms with van der Waals surface area (Å²) in [5.41, 5.74) is 0.966. The number of methoxy groups -OCH3 is 2. The van der Waals surface area contributed by atoms with Crippen molar-refractivity contribution < 1.29 is 9.47 Å². The van der Waals surface area contributed by atoms with Gasteiger partial charge in [0.25, 0.3) is 0 Å². The highest BCUT2D eigenvalue weighted by atomic mass is 16.7. The third-order valence-electron chi connectivity index (χ3n) is 1.98. The molecule has 0 unspecified atom stereocenters. The van der Waals surface area contributed by atoms with Crippen molar-refractivity contribution in [3.05, 3.63) is 23.8 Å². The summed E-state index contributed by atoms with van der Waals surface area (Å²) in [4.78, 5) is 8.29. The topological polar surface area (TPSA) is 56.3 Å². The second-order valence-corrected chi connectivity index (χ2v) is 3.13. The lowest BCUT2D eigenvalue weighted by Crippen LogP contribution is -2.29. The van der Waals surface area contributed by atoms with Crippen molar-refractivity contribution in [2.75, 3.05) is 20.8 Å². The van der Waals surface area contributed by atoms with Gasteiger partial charge in [-0.15, -0.1) is 0 Å². The van der Waals surface area contributed by atoms with Gasteiger partial charge in [-0.3, -0.25) is 0 Å². The lowest BCUT2D eigenvalue weighted by Gasteiger charge is -2.13. The minimum atomic E-state index is -0.215. The van der Waals surface area contributed by atoms with E-state index in [4.69, 9.17) is 9.47 Å². The zero-order chi connectivity index (χ0) is 11.1. The quantitative estimate of drug-likeness (QED) is 0.694. The fourth-order valence-electron chi connectivity index (χ4n) is 1.18. The molecule has 0 saturated carbocycles. The maximum Gasteiger partial charge on any atom is 0.169 e. The highest BCUT2D eigenvalue weighted by Gasteiger charge is 2.03. The first-order valence-corrected chi connectivity index (χ1v) is 4.81. The van der Waals surface area contributed by atoms with Crippen molar-refractivity contribution in [1.29, 1.82) is 0 Å². The number of rotatable bonds is 6. The molecule has 0 saturated heterocycles. The summed E-state index contributed by atoms with van der Waals surface area (Å²) in [5.74, 6) is 0.782. The van der Waals surface area contributed by atoms with Crippen LogP contribution in [-0.4, -0.2) is 37.0 Å². The minimum Gasteiger partial charge on any atom is -0.355 e. The normalized spacial score (nSPS) is 10.9. The van der Waals surface area contributed by atoms with Crippen LogP contribution in [-0.2, 0) is 16.0 Å². The van der Waals surface area contributed by atoms with Gasteiger partial charge in [-0.05, 0) is 13.0 Å². The molecule has 1 aromatic rings. The van der Waals surface area contributed by atoms with Gasteiger partial charge >= 0.3 is 0 Å². The molecule has 0 radical (unpaired) electrons. The smallest absolute Gasteiger partial charge is 0.169 e. The van der Waals surface area contributed by atoms with Crippen molar-refractivity contribution in [1.82, 2.24) is 15.3 Å². The van der Waals surface area contributed by atoms with Crippen LogP contribution in [0.3, 0.4) is 0 Å². The summed E-state index contributed by atoms with van der Waals surface area (Å²) in [6.07, 6.45) is 1.54. The van der Waals surface area contributed by atoms with Crippen LogP contribution in [0.2, 0.25) is 0 Å². The SMILES string of the molecule is COC(CNCc1ccnc(C)n1)OC. The van der Waals surface area contributed by atoms with E-state index in [9.17, 15) is 0 Å². The molecule has 84 valence electrons. The lowest BCUT2D eigenvalue weighted by molar-refractivity contribution is -0.0989. The Morgan fingerprint density at radius 3 is 2.73 bits per heavy atom. The molecule has 1 rings (SSSR count). The molecule has 0 aliphatic carbocycles. The number of aromatic nitrogens is 2. The Bertz CT molecular complexity index is 290. The molecule has 1 heterocycles. The predicted molar refractivity (Wildman–Crippen MR) is 56.3 cm³/mol. The molecule has 0 bridgehead atoms. The van der Waals surface area contributed by atoms with Gasteiger partial charge in [-0.25, -0.2) is 9.97 Å². The van der Waals surface area contributed by atoms with Gasteiger partial charge in [-0.1, -0.05) is 0 Å². The Kier molecular flexibility index (Phi) is 5.17. The molecule has 0 aliphatic rings. The van der Waals surface area contributed by atoms with Gasteiger partial charge in [0.2, 0.25) is 0 Å². The van der Waals surface area contributed by atoms with Gasteiger partial charge in [0.05, 0.1) is 5.69 Å². The van der Waals surface area contributed by atoms with Gasteiger partial charge in [0.1, 0.15) is 5.82 Å². The highest BCUT2D eigenvalue weighted by Crippen LogP contribution is 1.94. The second-order valence-electron chi connectivity index (χ2n) is 3.13. The molecule has 0 atom stereocenters. The van der Waals surface area contributed by atoms with Gasteiger partial charge < -0.3 is 14.8 Å². The van der Waals surface area contributed by atoms with Crippen molar-refractivity contribution in [3.8, 4) is 0 Å². The molecule has 5 nitrogen and oxygen atoms in total. The standard InChI is InChI=1S/C10H17N3O2/c1-8-12-5-4-9(13-8)6-11-7-10(14-2)15-3/h4-5,10-11H,6-7H2,1-3H3. The molecule has 0 spiro atoms. The second kappa shape index (κ2) is 6.44. The Morgan fingerprint density at radius 2 is 2.13 bits per heavy atom. The van der Waals surface area contributed by atoms with Crippen LogP contribution in [0.5, 0.6) is 0 Å². The van der Waals surface area contributed by atoms with E-state index in [0.29, 0.717) is 13.1 Å². The Hall–Kier alpha value is -1.04. The summed E-state index contributed by atoms with van der Waals surface area (Å²) in [6.45, 7) is 3.19. The summed E-state index contributed by atoms with van der Waals surface area (Å²) in [5, 5.41) is 3.19. The van der Waals surface area contributed by atoms with E-state index >= 15 is 0 Å². The molecule has 5 heteroatoms.